The van der Waals surface area contributed by atoms with Crippen LogP contribution >= 0.6 is 11.8 Å². The number of esters is 1. The highest BCUT2D eigenvalue weighted by atomic mass is 32.2. The molecule has 122 valence electrons. The SMILES string of the molecule is CCC(CC)S[C@@H](CNC(=O)O[C@@H](C)OC(C)=O)C(=O)O. The highest BCUT2D eigenvalue weighted by molar-refractivity contribution is 8.01. The van der Waals surface area contributed by atoms with Crippen molar-refractivity contribution in [1.82, 2.24) is 5.32 Å². The van der Waals surface area contributed by atoms with Crippen LogP contribution in [0, 0.1) is 0 Å². The molecule has 0 bridgehead atoms. The Hall–Kier alpha value is -1.44. The number of hydrogen-bond acceptors (Lipinski definition) is 6. The van der Waals surface area contributed by atoms with Gasteiger partial charge in [0.1, 0.15) is 5.25 Å². The number of hydrogen-bond donors (Lipinski definition) is 2. The molecule has 0 aliphatic heterocycles. The van der Waals surface area contributed by atoms with Gasteiger partial charge in [0, 0.05) is 25.6 Å². The van der Waals surface area contributed by atoms with Gasteiger partial charge in [0.2, 0.25) is 6.29 Å². The molecule has 2 atom stereocenters. The lowest BCUT2D eigenvalue weighted by Gasteiger charge is -2.19. The fraction of sp³-hybridized carbons (Fsp3) is 0.769. The van der Waals surface area contributed by atoms with Crippen LogP contribution < -0.4 is 5.32 Å². The highest BCUT2D eigenvalue weighted by Crippen LogP contribution is 2.23. The van der Waals surface area contributed by atoms with Gasteiger partial charge >= 0.3 is 18.0 Å². The van der Waals surface area contributed by atoms with Crippen LogP contribution in [0.15, 0.2) is 0 Å². The first kappa shape index (κ1) is 19.6. The van der Waals surface area contributed by atoms with Gasteiger partial charge in [-0.25, -0.2) is 4.79 Å². The zero-order chi connectivity index (χ0) is 16.4. The maximum atomic E-state index is 11.5. The number of amides is 1. The van der Waals surface area contributed by atoms with Crippen molar-refractivity contribution < 1.29 is 29.0 Å². The monoisotopic (exact) mass is 321 g/mol. The Balaban J connectivity index is 4.26. The predicted octanol–water partition coefficient (Wildman–Crippen LogP) is 2.00. The van der Waals surface area contributed by atoms with Crippen molar-refractivity contribution >= 4 is 29.8 Å². The average Bonchev–Trinajstić information content (AvgIpc) is 2.37. The number of alkyl carbamates (subject to hydrolysis) is 1. The number of ether oxygens (including phenoxy) is 2. The number of thioether (sulfide) groups is 1. The molecule has 7 nitrogen and oxygen atoms in total. The summed E-state index contributed by atoms with van der Waals surface area (Å²) in [5.41, 5.74) is 0. The summed E-state index contributed by atoms with van der Waals surface area (Å²) in [5.74, 6) is -1.55. The van der Waals surface area contributed by atoms with Crippen LogP contribution in [-0.4, -0.2) is 46.5 Å². The lowest BCUT2D eigenvalue weighted by atomic mass is 10.3. The van der Waals surface area contributed by atoms with Gasteiger partial charge in [-0.15, -0.1) is 11.8 Å². The van der Waals surface area contributed by atoms with Crippen molar-refractivity contribution in [3.05, 3.63) is 0 Å². The lowest BCUT2D eigenvalue weighted by Crippen LogP contribution is -2.37. The van der Waals surface area contributed by atoms with Gasteiger partial charge in [0.05, 0.1) is 0 Å². The van der Waals surface area contributed by atoms with Gasteiger partial charge in [0.25, 0.3) is 0 Å². The first-order valence-corrected chi connectivity index (χ1v) is 7.74. The van der Waals surface area contributed by atoms with Crippen molar-refractivity contribution in [2.24, 2.45) is 0 Å². The Labute approximate surface area is 128 Å². The minimum absolute atomic E-state index is 0.0534. The first-order valence-electron chi connectivity index (χ1n) is 6.80. The molecule has 1 amide bonds. The van der Waals surface area contributed by atoms with E-state index < -0.39 is 29.6 Å². The minimum atomic E-state index is -1.02. The van der Waals surface area contributed by atoms with E-state index in [1.165, 1.54) is 25.6 Å². The summed E-state index contributed by atoms with van der Waals surface area (Å²) >= 11 is 1.31. The molecule has 0 aromatic heterocycles. The van der Waals surface area contributed by atoms with Crippen LogP contribution in [0.5, 0.6) is 0 Å². The second-order valence-corrected chi connectivity index (χ2v) is 5.87. The largest absolute Gasteiger partial charge is 0.480 e. The number of carbonyl (C=O) groups is 3. The smallest absolute Gasteiger partial charge is 0.410 e. The van der Waals surface area contributed by atoms with E-state index in [2.05, 4.69) is 10.1 Å². The normalized spacial score (nSPS) is 13.4. The van der Waals surface area contributed by atoms with Gasteiger partial charge in [-0.2, -0.15) is 0 Å². The van der Waals surface area contributed by atoms with E-state index in [0.29, 0.717) is 0 Å². The number of carboxylic acids is 1. The van der Waals surface area contributed by atoms with Crippen molar-refractivity contribution in [3.8, 4) is 0 Å². The third-order valence-electron chi connectivity index (χ3n) is 2.58. The van der Waals surface area contributed by atoms with E-state index in [1.54, 1.807) is 0 Å². The molecule has 0 radical (unpaired) electrons. The summed E-state index contributed by atoms with van der Waals surface area (Å²) in [4.78, 5) is 33.3. The van der Waals surface area contributed by atoms with E-state index >= 15 is 0 Å². The maximum absolute atomic E-state index is 11.5. The second-order valence-electron chi connectivity index (χ2n) is 4.36. The Kier molecular flexibility index (Phi) is 9.60. The van der Waals surface area contributed by atoms with Gasteiger partial charge in [-0.1, -0.05) is 13.8 Å². The second kappa shape index (κ2) is 10.3. The summed E-state index contributed by atoms with van der Waals surface area (Å²) in [6, 6.07) is 0. The molecule has 0 heterocycles. The van der Waals surface area contributed by atoms with Crippen LogP contribution in [0.1, 0.15) is 40.5 Å². The van der Waals surface area contributed by atoms with Gasteiger partial charge in [-0.3, -0.25) is 9.59 Å². The molecule has 0 fully saturated rings. The molecule has 2 N–H and O–H groups in total. The summed E-state index contributed by atoms with van der Waals surface area (Å²) in [7, 11) is 0. The maximum Gasteiger partial charge on any atom is 0.410 e. The van der Waals surface area contributed by atoms with Gasteiger partial charge < -0.3 is 19.9 Å². The summed E-state index contributed by atoms with van der Waals surface area (Å²) in [6.45, 7) is 6.52. The van der Waals surface area contributed by atoms with E-state index in [9.17, 15) is 14.4 Å². The van der Waals surface area contributed by atoms with Gasteiger partial charge in [0.15, 0.2) is 0 Å². The number of carboxylic acid groups (broad SMARTS) is 1. The number of nitrogens with one attached hydrogen (secondary N) is 1. The topological polar surface area (TPSA) is 102 Å². The number of carbonyl (C=O) groups excluding carboxylic acids is 2. The Morgan fingerprint density at radius 1 is 1.19 bits per heavy atom. The molecule has 0 aromatic carbocycles. The fourth-order valence-electron chi connectivity index (χ4n) is 1.53. The zero-order valence-electron chi connectivity index (χ0n) is 12.8. The van der Waals surface area contributed by atoms with Gasteiger partial charge in [-0.05, 0) is 12.8 Å². The molecule has 0 unspecified atom stereocenters. The molecule has 0 aliphatic carbocycles. The molecule has 0 spiro atoms. The van der Waals surface area contributed by atoms with E-state index in [0.717, 1.165) is 12.8 Å². The molecular formula is C13H23NO6S. The van der Waals surface area contributed by atoms with E-state index in [4.69, 9.17) is 9.84 Å². The molecule has 0 aliphatic rings. The molecular weight excluding hydrogens is 298 g/mol. The highest BCUT2D eigenvalue weighted by Gasteiger charge is 2.23. The predicted molar refractivity (Wildman–Crippen MR) is 79.1 cm³/mol. The Morgan fingerprint density at radius 2 is 1.76 bits per heavy atom. The van der Waals surface area contributed by atoms with Crippen LogP contribution in [-0.2, 0) is 19.1 Å². The standard InChI is InChI=1S/C13H23NO6S/c1-5-10(6-2)21-11(12(16)17)7-14-13(18)20-9(4)19-8(3)15/h9-11H,5-7H2,1-4H3,(H,14,18)(H,16,17)/t9-,11-/m0/s1. The fourth-order valence-corrected chi connectivity index (χ4v) is 2.68. The number of rotatable bonds is 9. The minimum Gasteiger partial charge on any atom is -0.480 e. The molecule has 8 heteroatoms. The third-order valence-corrected chi connectivity index (χ3v) is 4.33. The molecule has 0 rings (SSSR count). The molecule has 0 aromatic rings. The number of aliphatic carboxylic acids is 1. The molecule has 0 saturated carbocycles. The lowest BCUT2D eigenvalue weighted by molar-refractivity contribution is -0.162. The van der Waals surface area contributed by atoms with Crippen molar-refractivity contribution in [3.63, 3.8) is 0 Å². The van der Waals surface area contributed by atoms with E-state index in [-0.39, 0.29) is 11.8 Å². The summed E-state index contributed by atoms with van der Waals surface area (Å²) < 4.78 is 9.38. The van der Waals surface area contributed by atoms with Crippen LogP contribution in [0.2, 0.25) is 0 Å². The zero-order valence-corrected chi connectivity index (χ0v) is 13.6. The Morgan fingerprint density at radius 3 is 2.19 bits per heavy atom. The average molecular weight is 321 g/mol. The van der Waals surface area contributed by atoms with Crippen LogP contribution in [0.4, 0.5) is 4.79 Å². The third kappa shape index (κ3) is 9.17. The first-order chi connectivity index (χ1) is 9.79. The van der Waals surface area contributed by atoms with Crippen molar-refractivity contribution in [2.45, 2.75) is 57.3 Å². The van der Waals surface area contributed by atoms with Crippen LogP contribution in [0.25, 0.3) is 0 Å². The van der Waals surface area contributed by atoms with E-state index in [1.807, 2.05) is 13.8 Å². The molecule has 0 saturated heterocycles. The van der Waals surface area contributed by atoms with Crippen LogP contribution in [0.3, 0.4) is 0 Å². The summed E-state index contributed by atoms with van der Waals surface area (Å²) in [6.07, 6.45) is -0.116. The molecule has 21 heavy (non-hydrogen) atoms. The summed E-state index contributed by atoms with van der Waals surface area (Å²) in [5, 5.41) is 11.0. The Bertz CT molecular complexity index is 359. The quantitative estimate of drug-likeness (QED) is 0.494. The van der Waals surface area contributed by atoms with Crippen molar-refractivity contribution in [1.29, 1.82) is 0 Å². The van der Waals surface area contributed by atoms with Crippen molar-refractivity contribution in [2.75, 3.05) is 6.54 Å².